The number of hydrogen-bond donors (Lipinski definition) is 2. The molecule has 0 aliphatic rings. The maximum atomic E-state index is 10.2. The van der Waals surface area contributed by atoms with Gasteiger partial charge in [0, 0.05) is 0 Å². The summed E-state index contributed by atoms with van der Waals surface area (Å²) in [5, 5.41) is 8.70. The first kappa shape index (κ1) is 12.3. The van der Waals surface area contributed by atoms with Gasteiger partial charge >= 0.3 is 0 Å². The van der Waals surface area contributed by atoms with Crippen LogP contribution in [0.1, 0.15) is 27.2 Å². The summed E-state index contributed by atoms with van der Waals surface area (Å²) in [5.74, 6) is -0.213. The molecule has 3 nitrogen and oxygen atoms in total. The predicted molar refractivity (Wildman–Crippen MR) is 41.7 cm³/mol. The average molecular weight is 147 g/mol. The van der Waals surface area contributed by atoms with E-state index < -0.39 is 6.10 Å². The lowest BCUT2D eigenvalue weighted by atomic mass is 10.2. The summed E-state index contributed by atoms with van der Waals surface area (Å²) in [7, 11) is 0. The van der Waals surface area contributed by atoms with Gasteiger partial charge in [-0.2, -0.15) is 0 Å². The Labute approximate surface area is 62.2 Å². The van der Waals surface area contributed by atoms with E-state index in [-0.39, 0.29) is 5.78 Å². The van der Waals surface area contributed by atoms with Crippen LogP contribution in [-0.4, -0.2) is 23.5 Å². The van der Waals surface area contributed by atoms with E-state index in [2.05, 4.69) is 0 Å². The molecule has 0 aromatic carbocycles. The van der Waals surface area contributed by atoms with E-state index in [1.807, 2.05) is 13.8 Å². The van der Waals surface area contributed by atoms with Crippen molar-refractivity contribution in [2.75, 3.05) is 6.54 Å². The van der Waals surface area contributed by atoms with Crippen LogP contribution in [-0.2, 0) is 4.79 Å². The SMILES string of the molecule is CC.CC(=O)C(O)CCN. The Kier molecular flexibility index (Phi) is 10.6. The molecular formula is C7H17NO2. The summed E-state index contributed by atoms with van der Waals surface area (Å²) in [6.45, 7) is 5.71. The Hall–Kier alpha value is -0.410. The second kappa shape index (κ2) is 8.59. The van der Waals surface area contributed by atoms with Gasteiger partial charge in [-0.3, -0.25) is 4.79 Å². The number of aliphatic hydroxyl groups excluding tert-OH is 1. The normalized spacial score (nSPS) is 11.3. The molecule has 0 spiro atoms. The summed E-state index contributed by atoms with van der Waals surface area (Å²) in [6, 6.07) is 0. The van der Waals surface area contributed by atoms with Gasteiger partial charge in [0.05, 0.1) is 0 Å². The number of rotatable bonds is 3. The van der Waals surface area contributed by atoms with Crippen LogP contribution in [0.3, 0.4) is 0 Å². The first-order valence-corrected chi connectivity index (χ1v) is 3.57. The van der Waals surface area contributed by atoms with E-state index in [1.54, 1.807) is 0 Å². The van der Waals surface area contributed by atoms with Crippen molar-refractivity contribution in [2.24, 2.45) is 5.73 Å². The van der Waals surface area contributed by atoms with Gasteiger partial charge in [0.25, 0.3) is 0 Å². The third-order valence-electron chi connectivity index (χ3n) is 0.909. The summed E-state index contributed by atoms with van der Waals surface area (Å²) in [6.07, 6.45) is -0.477. The van der Waals surface area contributed by atoms with Crippen molar-refractivity contribution in [1.29, 1.82) is 0 Å². The molecule has 0 aliphatic carbocycles. The number of aliphatic hydroxyl groups is 1. The molecule has 0 saturated heterocycles. The van der Waals surface area contributed by atoms with E-state index in [4.69, 9.17) is 10.8 Å². The first-order chi connectivity index (χ1) is 4.68. The molecule has 0 heterocycles. The summed E-state index contributed by atoms with van der Waals surface area (Å²) in [4.78, 5) is 10.2. The Morgan fingerprint density at radius 1 is 1.60 bits per heavy atom. The van der Waals surface area contributed by atoms with Crippen LogP contribution in [0.4, 0.5) is 0 Å². The third-order valence-corrected chi connectivity index (χ3v) is 0.909. The van der Waals surface area contributed by atoms with Gasteiger partial charge in [-0.1, -0.05) is 13.8 Å². The molecule has 0 aromatic rings. The molecule has 3 N–H and O–H groups in total. The quantitative estimate of drug-likeness (QED) is 0.604. The van der Waals surface area contributed by atoms with Gasteiger partial charge in [0.1, 0.15) is 6.10 Å². The highest BCUT2D eigenvalue weighted by molar-refractivity contribution is 5.79. The molecule has 0 saturated carbocycles. The highest BCUT2D eigenvalue weighted by Crippen LogP contribution is 1.88. The van der Waals surface area contributed by atoms with E-state index >= 15 is 0 Å². The Balaban J connectivity index is 0. The zero-order valence-corrected chi connectivity index (χ0v) is 6.92. The molecule has 0 radical (unpaired) electrons. The Morgan fingerprint density at radius 2 is 2.00 bits per heavy atom. The van der Waals surface area contributed by atoms with E-state index in [0.29, 0.717) is 13.0 Å². The molecule has 0 aliphatic heterocycles. The number of hydrogen-bond acceptors (Lipinski definition) is 3. The second-order valence-corrected chi connectivity index (χ2v) is 1.70. The van der Waals surface area contributed by atoms with Gasteiger partial charge < -0.3 is 10.8 Å². The maximum Gasteiger partial charge on any atom is 0.158 e. The minimum atomic E-state index is -0.847. The Morgan fingerprint density at radius 3 is 2.10 bits per heavy atom. The van der Waals surface area contributed by atoms with Gasteiger partial charge in [-0.15, -0.1) is 0 Å². The van der Waals surface area contributed by atoms with Gasteiger partial charge in [0.2, 0.25) is 0 Å². The fourth-order valence-electron chi connectivity index (χ4n) is 0.361. The highest BCUT2D eigenvalue weighted by atomic mass is 16.3. The van der Waals surface area contributed by atoms with Gasteiger partial charge in [-0.25, -0.2) is 0 Å². The minimum Gasteiger partial charge on any atom is -0.385 e. The molecular weight excluding hydrogens is 130 g/mol. The fraction of sp³-hybridized carbons (Fsp3) is 0.857. The number of carbonyl (C=O) groups is 1. The van der Waals surface area contributed by atoms with Crippen LogP contribution in [0.25, 0.3) is 0 Å². The Bertz CT molecular complexity index is 83.7. The smallest absolute Gasteiger partial charge is 0.158 e. The highest BCUT2D eigenvalue weighted by Gasteiger charge is 2.05. The van der Waals surface area contributed by atoms with Crippen molar-refractivity contribution in [3.05, 3.63) is 0 Å². The lowest BCUT2D eigenvalue weighted by molar-refractivity contribution is -0.125. The molecule has 1 unspecified atom stereocenters. The summed E-state index contributed by atoms with van der Waals surface area (Å²) in [5.41, 5.74) is 5.06. The zero-order valence-electron chi connectivity index (χ0n) is 6.92. The minimum absolute atomic E-state index is 0.213. The molecule has 0 aromatic heterocycles. The van der Waals surface area contributed by atoms with Crippen molar-refractivity contribution >= 4 is 5.78 Å². The molecule has 0 rings (SSSR count). The molecule has 3 heteroatoms. The largest absolute Gasteiger partial charge is 0.385 e. The average Bonchev–Trinajstić information content (AvgIpc) is 1.93. The lowest BCUT2D eigenvalue weighted by Gasteiger charge is -2.01. The molecule has 0 fully saturated rings. The van der Waals surface area contributed by atoms with E-state index in [1.165, 1.54) is 6.92 Å². The number of ketones is 1. The van der Waals surface area contributed by atoms with Crippen LogP contribution in [0.5, 0.6) is 0 Å². The summed E-state index contributed by atoms with van der Waals surface area (Å²) >= 11 is 0. The summed E-state index contributed by atoms with van der Waals surface area (Å²) < 4.78 is 0. The standard InChI is InChI=1S/C5H11NO2.C2H6/c1-4(7)5(8)2-3-6;1-2/h5,8H,2-3,6H2,1H3;1-2H3. The zero-order chi connectivity index (χ0) is 8.57. The molecule has 10 heavy (non-hydrogen) atoms. The molecule has 1 atom stereocenters. The van der Waals surface area contributed by atoms with Crippen molar-refractivity contribution in [3.8, 4) is 0 Å². The lowest BCUT2D eigenvalue weighted by Crippen LogP contribution is -2.20. The van der Waals surface area contributed by atoms with Gasteiger partial charge in [-0.05, 0) is 19.9 Å². The van der Waals surface area contributed by atoms with E-state index in [9.17, 15) is 4.79 Å². The number of nitrogens with two attached hydrogens (primary N) is 1. The third kappa shape index (κ3) is 7.59. The first-order valence-electron chi connectivity index (χ1n) is 3.57. The predicted octanol–water partition coefficient (Wildman–Crippen LogP) is 0.311. The van der Waals surface area contributed by atoms with E-state index in [0.717, 1.165) is 0 Å². The van der Waals surface area contributed by atoms with Crippen molar-refractivity contribution in [3.63, 3.8) is 0 Å². The van der Waals surface area contributed by atoms with Crippen LogP contribution in [0.2, 0.25) is 0 Å². The number of Topliss-reactive ketones (excluding diaryl/α,β-unsaturated/α-hetero) is 1. The molecule has 0 amide bonds. The maximum absolute atomic E-state index is 10.2. The van der Waals surface area contributed by atoms with Gasteiger partial charge in [0.15, 0.2) is 5.78 Å². The van der Waals surface area contributed by atoms with Crippen LogP contribution in [0, 0.1) is 0 Å². The monoisotopic (exact) mass is 147 g/mol. The molecule has 62 valence electrons. The molecule has 0 bridgehead atoms. The van der Waals surface area contributed by atoms with Crippen molar-refractivity contribution in [1.82, 2.24) is 0 Å². The number of carbonyl (C=O) groups excluding carboxylic acids is 1. The van der Waals surface area contributed by atoms with Crippen molar-refractivity contribution < 1.29 is 9.90 Å². The van der Waals surface area contributed by atoms with Crippen LogP contribution in [0.15, 0.2) is 0 Å². The second-order valence-electron chi connectivity index (χ2n) is 1.70. The van der Waals surface area contributed by atoms with Crippen LogP contribution < -0.4 is 5.73 Å². The topological polar surface area (TPSA) is 63.3 Å². The van der Waals surface area contributed by atoms with Crippen molar-refractivity contribution in [2.45, 2.75) is 33.3 Å². The fourth-order valence-corrected chi connectivity index (χ4v) is 0.361. The van der Waals surface area contributed by atoms with Crippen LogP contribution >= 0.6 is 0 Å².